The fourth-order valence-corrected chi connectivity index (χ4v) is 5.19. The molecule has 0 spiro atoms. The number of alkyl carbamates (subject to hydrolysis) is 1. The number of amides is 2. The van der Waals surface area contributed by atoms with Crippen LogP contribution in [-0.2, 0) is 19.1 Å². The average Bonchev–Trinajstić information content (AvgIpc) is 3.44. The van der Waals surface area contributed by atoms with Crippen LogP contribution in [0.3, 0.4) is 0 Å². The van der Waals surface area contributed by atoms with E-state index in [4.69, 9.17) is 9.47 Å². The van der Waals surface area contributed by atoms with Gasteiger partial charge in [0.1, 0.15) is 12.6 Å². The predicted molar refractivity (Wildman–Crippen MR) is 125 cm³/mol. The van der Waals surface area contributed by atoms with Crippen molar-refractivity contribution in [3.63, 3.8) is 0 Å². The van der Waals surface area contributed by atoms with Crippen LogP contribution in [0, 0.1) is 0 Å². The number of methoxy groups -OCH3 is 1. The Balaban J connectivity index is 1.43. The first-order valence-corrected chi connectivity index (χ1v) is 11.5. The first-order chi connectivity index (χ1) is 16.4. The molecule has 0 aromatic heterocycles. The zero-order valence-electron chi connectivity index (χ0n) is 19.4. The predicted octanol–water partition coefficient (Wildman–Crippen LogP) is 3.39. The van der Waals surface area contributed by atoms with Gasteiger partial charge in [0.05, 0.1) is 18.6 Å². The van der Waals surface area contributed by atoms with Crippen LogP contribution in [0.2, 0.25) is 0 Å². The van der Waals surface area contributed by atoms with Crippen molar-refractivity contribution in [1.29, 1.82) is 0 Å². The maximum atomic E-state index is 13.1. The number of hydrogen-bond donors (Lipinski definition) is 2. The first kappa shape index (κ1) is 23.8. The van der Waals surface area contributed by atoms with Gasteiger partial charge in [0.2, 0.25) is 5.91 Å². The van der Waals surface area contributed by atoms with Crippen molar-refractivity contribution in [1.82, 2.24) is 10.2 Å². The molecular weight excluding hydrogens is 436 g/mol. The van der Waals surface area contributed by atoms with E-state index in [0.717, 1.165) is 41.5 Å². The summed E-state index contributed by atoms with van der Waals surface area (Å²) in [5, 5.41) is 11.8. The molecule has 0 heterocycles. The van der Waals surface area contributed by atoms with Gasteiger partial charge < -0.3 is 24.8 Å². The van der Waals surface area contributed by atoms with Crippen molar-refractivity contribution < 1.29 is 29.0 Å². The van der Waals surface area contributed by atoms with E-state index in [9.17, 15) is 19.5 Å². The van der Waals surface area contributed by atoms with E-state index in [1.54, 1.807) is 14.2 Å². The topological polar surface area (TPSA) is 105 Å². The van der Waals surface area contributed by atoms with E-state index in [0.29, 0.717) is 0 Å². The van der Waals surface area contributed by atoms with Crippen molar-refractivity contribution in [2.45, 2.75) is 49.8 Å². The quantitative estimate of drug-likeness (QED) is 0.618. The number of hydrogen-bond acceptors (Lipinski definition) is 5. The number of ether oxygens (including phenoxy) is 2. The normalized spacial score (nSPS) is 19.7. The van der Waals surface area contributed by atoms with Crippen molar-refractivity contribution in [3.8, 4) is 11.1 Å². The summed E-state index contributed by atoms with van der Waals surface area (Å²) in [6, 6.07) is 14.6. The summed E-state index contributed by atoms with van der Waals surface area (Å²) < 4.78 is 11.0. The highest BCUT2D eigenvalue weighted by molar-refractivity contribution is 5.89. The van der Waals surface area contributed by atoms with Crippen LogP contribution in [0.4, 0.5) is 4.79 Å². The number of rotatable bonds is 8. The Morgan fingerprint density at radius 3 is 2.26 bits per heavy atom. The number of benzene rings is 2. The van der Waals surface area contributed by atoms with E-state index >= 15 is 0 Å². The molecule has 2 N–H and O–H groups in total. The zero-order valence-corrected chi connectivity index (χ0v) is 19.4. The summed E-state index contributed by atoms with van der Waals surface area (Å²) >= 11 is 0. The molecule has 8 heteroatoms. The molecule has 0 bridgehead atoms. The fraction of sp³-hybridized carbons (Fsp3) is 0.423. The third-order valence-electron chi connectivity index (χ3n) is 6.88. The van der Waals surface area contributed by atoms with Gasteiger partial charge in [-0.15, -0.1) is 0 Å². The van der Waals surface area contributed by atoms with Crippen LogP contribution in [0.15, 0.2) is 48.5 Å². The third kappa shape index (κ3) is 4.77. The number of likely N-dealkylation sites (N-methyl/N-ethyl adjacent to an activating group) is 1. The van der Waals surface area contributed by atoms with E-state index in [-0.39, 0.29) is 24.7 Å². The second kappa shape index (κ2) is 10.3. The molecular formula is C26H30N2O6. The highest BCUT2D eigenvalue weighted by Gasteiger charge is 2.37. The summed E-state index contributed by atoms with van der Waals surface area (Å²) in [4.78, 5) is 38.7. The molecule has 0 radical (unpaired) electrons. The van der Waals surface area contributed by atoms with E-state index in [1.807, 2.05) is 48.5 Å². The Labute approximate surface area is 198 Å². The van der Waals surface area contributed by atoms with Crippen LogP contribution < -0.4 is 5.32 Å². The van der Waals surface area contributed by atoms with Gasteiger partial charge in [-0.25, -0.2) is 4.79 Å². The molecule has 2 aromatic carbocycles. The monoisotopic (exact) mass is 466 g/mol. The van der Waals surface area contributed by atoms with Crippen LogP contribution in [0.5, 0.6) is 0 Å². The average molecular weight is 467 g/mol. The summed E-state index contributed by atoms with van der Waals surface area (Å²) in [5.41, 5.74) is 4.36. The lowest BCUT2D eigenvalue weighted by Gasteiger charge is -2.31. The number of carboxylic acid groups (broad SMARTS) is 1. The van der Waals surface area contributed by atoms with E-state index < -0.39 is 30.4 Å². The van der Waals surface area contributed by atoms with Crippen LogP contribution in [-0.4, -0.2) is 66.9 Å². The second-order valence-electron chi connectivity index (χ2n) is 8.84. The Morgan fingerprint density at radius 1 is 1.06 bits per heavy atom. The number of nitrogens with one attached hydrogen (secondary N) is 1. The number of aliphatic carboxylic acids is 1. The lowest BCUT2D eigenvalue weighted by atomic mass is 9.98. The Bertz CT molecular complexity index is 1030. The van der Waals surface area contributed by atoms with Gasteiger partial charge in [-0.05, 0) is 41.5 Å². The molecule has 1 saturated carbocycles. The summed E-state index contributed by atoms with van der Waals surface area (Å²) in [7, 11) is 3.23. The minimum atomic E-state index is -1.23. The Morgan fingerprint density at radius 2 is 1.68 bits per heavy atom. The number of carbonyl (C=O) groups is 3. The van der Waals surface area contributed by atoms with Crippen LogP contribution >= 0.6 is 0 Å². The summed E-state index contributed by atoms with van der Waals surface area (Å²) in [6.45, 7) is 0.0814. The molecule has 2 aliphatic carbocycles. The van der Waals surface area contributed by atoms with Gasteiger partial charge in [-0.3, -0.25) is 9.59 Å². The maximum Gasteiger partial charge on any atom is 0.407 e. The highest BCUT2D eigenvalue weighted by Crippen LogP contribution is 2.44. The Kier molecular flexibility index (Phi) is 7.17. The van der Waals surface area contributed by atoms with Gasteiger partial charge in [0, 0.05) is 20.1 Å². The van der Waals surface area contributed by atoms with Gasteiger partial charge in [0.15, 0.2) is 0 Å². The fourth-order valence-electron chi connectivity index (χ4n) is 5.19. The molecule has 2 aromatic rings. The van der Waals surface area contributed by atoms with E-state index in [2.05, 4.69) is 5.32 Å². The SMILES string of the molecule is COC1CCCC1N(C)C(=O)C(CC(=O)O)NC(=O)OCC1c2ccccc2-c2ccccc21. The summed E-state index contributed by atoms with van der Waals surface area (Å²) in [5.74, 6) is -1.78. The van der Waals surface area contributed by atoms with E-state index in [1.165, 1.54) is 4.90 Å². The minimum Gasteiger partial charge on any atom is -0.481 e. The van der Waals surface area contributed by atoms with Gasteiger partial charge in [-0.2, -0.15) is 0 Å². The highest BCUT2D eigenvalue weighted by atomic mass is 16.5. The lowest BCUT2D eigenvalue weighted by Crippen LogP contribution is -2.53. The molecule has 3 unspecified atom stereocenters. The van der Waals surface area contributed by atoms with Crippen LogP contribution in [0.1, 0.15) is 42.7 Å². The van der Waals surface area contributed by atoms with Crippen LogP contribution in [0.25, 0.3) is 11.1 Å². The standard InChI is InChI=1S/C26H30N2O6/c1-28(22-12-7-13-23(22)33-2)25(31)21(14-24(29)30)27-26(32)34-15-20-18-10-5-3-8-16(18)17-9-4-6-11-19(17)20/h3-6,8-11,20-23H,7,12-15H2,1-2H3,(H,27,32)(H,29,30). The second-order valence-corrected chi connectivity index (χ2v) is 8.84. The molecule has 34 heavy (non-hydrogen) atoms. The molecule has 0 saturated heterocycles. The smallest absolute Gasteiger partial charge is 0.407 e. The van der Waals surface area contributed by atoms with Crippen molar-refractivity contribution in [2.75, 3.05) is 20.8 Å². The number of nitrogens with zero attached hydrogens (tertiary/aromatic N) is 1. The van der Waals surface area contributed by atoms with Crippen molar-refractivity contribution in [2.24, 2.45) is 0 Å². The molecule has 8 nitrogen and oxygen atoms in total. The Hall–Kier alpha value is -3.39. The lowest BCUT2D eigenvalue weighted by molar-refractivity contribution is -0.143. The third-order valence-corrected chi connectivity index (χ3v) is 6.88. The number of fused-ring (bicyclic) bond motifs is 3. The molecule has 4 rings (SSSR count). The minimum absolute atomic E-state index is 0.0814. The maximum absolute atomic E-state index is 13.1. The molecule has 2 aliphatic rings. The van der Waals surface area contributed by atoms with Gasteiger partial charge in [-0.1, -0.05) is 48.5 Å². The molecule has 3 atom stereocenters. The first-order valence-electron chi connectivity index (χ1n) is 11.5. The molecule has 0 aliphatic heterocycles. The number of carboxylic acids is 1. The molecule has 1 fully saturated rings. The molecule has 180 valence electrons. The number of carbonyl (C=O) groups excluding carboxylic acids is 2. The van der Waals surface area contributed by atoms with Crippen molar-refractivity contribution >= 4 is 18.0 Å². The van der Waals surface area contributed by atoms with Gasteiger partial charge >= 0.3 is 12.1 Å². The van der Waals surface area contributed by atoms with Crippen molar-refractivity contribution in [3.05, 3.63) is 59.7 Å². The zero-order chi connectivity index (χ0) is 24.2. The van der Waals surface area contributed by atoms with Gasteiger partial charge in [0.25, 0.3) is 0 Å². The molecule has 2 amide bonds. The largest absolute Gasteiger partial charge is 0.481 e. The summed E-state index contributed by atoms with van der Waals surface area (Å²) in [6.07, 6.45) is 1.08.